The van der Waals surface area contributed by atoms with Gasteiger partial charge in [-0.15, -0.1) is 0 Å². The molecule has 2 heteroatoms. The lowest BCUT2D eigenvalue weighted by Crippen LogP contribution is -1.63. The maximum Gasteiger partial charge on any atom is 0.168 e. The molecule has 0 aliphatic heterocycles. The molecule has 0 bridgehead atoms. The van der Waals surface area contributed by atoms with Crippen molar-refractivity contribution in [2.24, 2.45) is 0 Å². The van der Waals surface area contributed by atoms with Crippen molar-refractivity contribution in [2.75, 3.05) is 0 Å². The Bertz CT molecular complexity index is 394. The summed E-state index contributed by atoms with van der Waals surface area (Å²) >= 11 is 0. The van der Waals surface area contributed by atoms with Gasteiger partial charge in [-0.05, 0) is 12.1 Å². The SMILES string of the molecule is [2H]c1nc2ccccc2n1[2H]. The molecule has 0 atom stereocenters. The fraction of sp³-hybridized carbons (Fsp3) is 0. The Morgan fingerprint density at radius 1 is 1.56 bits per heavy atom. The number of imidazole rings is 1. The van der Waals surface area contributed by atoms with E-state index in [4.69, 9.17) is 2.78 Å². The van der Waals surface area contributed by atoms with Crippen molar-refractivity contribution < 1.29 is 2.78 Å². The van der Waals surface area contributed by atoms with E-state index in [2.05, 4.69) is 4.98 Å². The molecular formula is C7H6N2. The second kappa shape index (κ2) is 1.58. The summed E-state index contributed by atoms with van der Waals surface area (Å²) in [5.74, 6) is 0. The Kier molecular flexibility index (Phi) is 0.530. The van der Waals surface area contributed by atoms with E-state index in [1.807, 2.05) is 12.1 Å². The summed E-state index contributed by atoms with van der Waals surface area (Å²) in [6.07, 6.45) is -0.0220. The van der Waals surface area contributed by atoms with E-state index in [1.165, 1.54) is 0 Å². The molecule has 1 N–H and O–H groups in total. The van der Waals surface area contributed by atoms with Crippen LogP contribution in [0.2, 0.25) is 1.41 Å². The van der Waals surface area contributed by atoms with E-state index in [0.29, 0.717) is 11.0 Å². The number of hydrogen-bond acceptors (Lipinski definition) is 1. The first kappa shape index (κ1) is 3.01. The average molecular weight is 120 g/mol. The van der Waals surface area contributed by atoms with Crippen LogP contribution in [0.3, 0.4) is 0 Å². The van der Waals surface area contributed by atoms with Crippen molar-refractivity contribution in [3.8, 4) is 0 Å². The highest BCUT2D eigenvalue weighted by atomic mass is 14.9. The van der Waals surface area contributed by atoms with Crippen molar-refractivity contribution in [3.63, 3.8) is 0 Å². The smallest absolute Gasteiger partial charge is 0.168 e. The van der Waals surface area contributed by atoms with E-state index >= 15 is 0 Å². The van der Waals surface area contributed by atoms with Crippen LogP contribution in [-0.4, -0.2) is 9.96 Å². The number of rotatable bonds is 0. The minimum atomic E-state index is -0.0220. The van der Waals surface area contributed by atoms with Gasteiger partial charge in [-0.25, -0.2) is 4.98 Å². The van der Waals surface area contributed by atoms with Crippen molar-refractivity contribution in [1.29, 1.82) is 0 Å². The van der Waals surface area contributed by atoms with Crippen molar-refractivity contribution in [2.45, 2.75) is 0 Å². The highest BCUT2D eigenvalue weighted by Crippen LogP contribution is 2.05. The van der Waals surface area contributed by atoms with Gasteiger partial charge in [0.05, 0.1) is 17.3 Å². The zero-order chi connectivity index (χ0) is 7.84. The molecule has 0 saturated heterocycles. The van der Waals surface area contributed by atoms with Crippen LogP contribution in [-0.2, 0) is 0 Å². The molecule has 2 aromatic rings. The number of fused-ring (bicyclic) bond motifs is 1. The monoisotopic (exact) mass is 120 g/mol. The van der Waals surface area contributed by atoms with Crippen molar-refractivity contribution >= 4 is 11.0 Å². The molecular weight excluding hydrogens is 112 g/mol. The average Bonchev–Trinajstić information content (AvgIpc) is 2.30. The Morgan fingerprint density at radius 2 is 2.44 bits per heavy atom. The van der Waals surface area contributed by atoms with Crippen LogP contribution in [0.1, 0.15) is 1.37 Å². The number of H-pyrrole nitrogens is 1. The summed E-state index contributed by atoms with van der Waals surface area (Å²) in [7, 11) is 0. The first-order chi connectivity index (χ1) is 5.29. The Morgan fingerprint density at radius 3 is 3.33 bits per heavy atom. The fourth-order valence-corrected chi connectivity index (χ4v) is 0.786. The first-order valence-electron chi connectivity index (χ1n) is 3.67. The van der Waals surface area contributed by atoms with Gasteiger partial charge >= 0.3 is 0 Å². The summed E-state index contributed by atoms with van der Waals surface area (Å²) < 4.78 is 14.5. The summed E-state index contributed by atoms with van der Waals surface area (Å²) in [6, 6.07) is 7.23. The molecule has 0 amide bonds. The molecule has 1 aromatic heterocycles. The predicted molar refractivity (Wildman–Crippen MR) is 36.1 cm³/mol. The van der Waals surface area contributed by atoms with Crippen molar-refractivity contribution in [1.82, 2.24) is 9.96 Å². The normalized spacial score (nSPS) is 13.3. The van der Waals surface area contributed by atoms with Crippen LogP contribution in [0.5, 0.6) is 0 Å². The molecule has 2 nitrogen and oxygen atoms in total. The van der Waals surface area contributed by atoms with Gasteiger partial charge in [-0.3, -0.25) is 0 Å². The van der Waals surface area contributed by atoms with Gasteiger partial charge in [0.15, 0.2) is 1.41 Å². The zero-order valence-electron chi connectivity index (χ0n) is 6.70. The third-order valence-corrected chi connectivity index (χ3v) is 1.22. The highest BCUT2D eigenvalue weighted by molar-refractivity contribution is 5.73. The maximum atomic E-state index is 7.33. The van der Waals surface area contributed by atoms with Crippen molar-refractivity contribution in [3.05, 3.63) is 30.6 Å². The van der Waals surface area contributed by atoms with E-state index in [1.54, 1.807) is 12.1 Å². The van der Waals surface area contributed by atoms with E-state index in [9.17, 15) is 0 Å². The molecule has 1 heterocycles. The van der Waals surface area contributed by atoms with Crippen LogP contribution in [0.4, 0.5) is 0 Å². The van der Waals surface area contributed by atoms with E-state index in [-0.39, 0.29) is 6.30 Å². The molecule has 0 saturated carbocycles. The number of nitrogens with zero attached hydrogens (tertiary/aromatic N) is 1. The largest absolute Gasteiger partial charge is 0.345 e. The van der Waals surface area contributed by atoms with Gasteiger partial charge in [-0.1, -0.05) is 12.1 Å². The van der Waals surface area contributed by atoms with Crippen LogP contribution < -0.4 is 0 Å². The van der Waals surface area contributed by atoms with Crippen LogP contribution in [0.25, 0.3) is 11.0 Å². The minimum Gasteiger partial charge on any atom is -0.345 e. The summed E-state index contributed by atoms with van der Waals surface area (Å²) in [5.41, 5.74) is 1.38. The Labute approximate surface area is 55.4 Å². The second-order valence-electron chi connectivity index (χ2n) is 1.81. The lowest BCUT2D eigenvalue weighted by molar-refractivity contribution is 1.34. The van der Waals surface area contributed by atoms with E-state index < -0.39 is 0 Å². The lowest BCUT2D eigenvalue weighted by Gasteiger charge is -1.81. The third-order valence-electron chi connectivity index (χ3n) is 1.22. The van der Waals surface area contributed by atoms with Gasteiger partial charge in [0, 0.05) is 0 Å². The Balaban J connectivity index is 2.92. The zero-order valence-corrected chi connectivity index (χ0v) is 4.70. The fourth-order valence-electron chi connectivity index (χ4n) is 0.786. The third kappa shape index (κ3) is 0.598. The van der Waals surface area contributed by atoms with Gasteiger partial charge in [0.25, 0.3) is 0 Å². The number of nitrogens with one attached hydrogen (secondary N) is 1. The maximum absolute atomic E-state index is 7.33. The molecule has 9 heavy (non-hydrogen) atoms. The number of aromatic amines is 1. The number of hydrogen-bond donors (Lipinski definition) is 1. The van der Waals surface area contributed by atoms with Gasteiger partial charge in [-0.2, -0.15) is 0 Å². The Hall–Kier alpha value is -1.31. The summed E-state index contributed by atoms with van der Waals surface area (Å²) in [5, 5.41) is 0. The van der Waals surface area contributed by atoms with Gasteiger partial charge < -0.3 is 4.98 Å². The molecule has 1 aromatic carbocycles. The molecule has 0 aliphatic carbocycles. The lowest BCUT2D eigenvalue weighted by atomic mass is 10.3. The second-order valence-corrected chi connectivity index (χ2v) is 1.81. The molecule has 0 radical (unpaired) electrons. The molecule has 2 rings (SSSR count). The minimum absolute atomic E-state index is 0.0220. The highest BCUT2D eigenvalue weighted by Gasteiger charge is 1.88. The number of benzene rings is 1. The topological polar surface area (TPSA) is 28.7 Å². The van der Waals surface area contributed by atoms with Gasteiger partial charge in [0.1, 0.15) is 1.37 Å². The quantitative estimate of drug-likeness (QED) is 0.561. The molecule has 44 valence electrons. The van der Waals surface area contributed by atoms with Crippen LogP contribution in [0, 0.1) is 0 Å². The molecule has 0 fully saturated rings. The molecule has 0 spiro atoms. The summed E-state index contributed by atoms with van der Waals surface area (Å²) in [4.78, 5) is 4.86. The number of aromatic nitrogens is 2. The van der Waals surface area contributed by atoms with Gasteiger partial charge in [0.2, 0.25) is 0 Å². The van der Waals surface area contributed by atoms with Crippen LogP contribution in [0.15, 0.2) is 30.6 Å². The standard InChI is InChI=1S/C7H6N2/c1-2-4-7-6(3-1)8-5-9-7/h1-5H,(H,8,9)/i5D/hD. The predicted octanol–water partition coefficient (Wildman–Crippen LogP) is 1.56. The first-order valence-corrected chi connectivity index (χ1v) is 2.72. The molecule has 0 aliphatic rings. The summed E-state index contributed by atoms with van der Waals surface area (Å²) in [6.45, 7) is 0. The molecule has 0 unspecified atom stereocenters. The number of para-hydroxylation sites is 2. The van der Waals surface area contributed by atoms with E-state index in [0.717, 1.165) is 4.98 Å². The van der Waals surface area contributed by atoms with Crippen LogP contribution >= 0.6 is 0 Å².